The molecule has 0 aromatic heterocycles. The fraction of sp³-hybridized carbons (Fsp3) is 0.0732. The lowest BCUT2D eigenvalue weighted by Gasteiger charge is -2.22. The van der Waals surface area contributed by atoms with Crippen LogP contribution in [0.15, 0.2) is 121 Å². The molecule has 0 N–H and O–H groups in total. The van der Waals surface area contributed by atoms with E-state index in [0.29, 0.717) is 0 Å². The summed E-state index contributed by atoms with van der Waals surface area (Å²) in [5, 5.41) is 10.8. The predicted molar refractivity (Wildman–Crippen MR) is 175 cm³/mol. The van der Waals surface area contributed by atoms with E-state index < -0.39 is 0 Å². The third-order valence-corrected chi connectivity index (χ3v) is 10.1. The van der Waals surface area contributed by atoms with Crippen molar-refractivity contribution in [2.45, 2.75) is 19.3 Å². The maximum Gasteiger partial charge on any atom is 0.0159 e. The van der Waals surface area contributed by atoms with E-state index in [0.717, 1.165) is 0 Å². The minimum Gasteiger partial charge on any atom is -0.0619 e. The first-order valence-electron chi connectivity index (χ1n) is 14.6. The van der Waals surface area contributed by atoms with Crippen LogP contribution < -0.4 is 0 Å². The van der Waals surface area contributed by atoms with Crippen LogP contribution >= 0.6 is 0 Å². The highest BCUT2D eigenvalue weighted by molar-refractivity contribution is 6.33. The lowest BCUT2D eigenvalue weighted by molar-refractivity contribution is 0.660. The molecular weight excluding hydrogens is 492 g/mol. The molecule has 0 saturated heterocycles. The molecule has 0 atom stereocenters. The topological polar surface area (TPSA) is 0 Å². The largest absolute Gasteiger partial charge is 0.0619 e. The summed E-state index contributed by atoms with van der Waals surface area (Å²) in [4.78, 5) is 0. The molecule has 0 spiro atoms. The molecule has 0 radical (unpaired) electrons. The van der Waals surface area contributed by atoms with Gasteiger partial charge in [-0.2, -0.15) is 0 Å². The minimum atomic E-state index is -0.00436. The van der Waals surface area contributed by atoms with Gasteiger partial charge in [-0.05, 0) is 123 Å². The van der Waals surface area contributed by atoms with Gasteiger partial charge >= 0.3 is 0 Å². The second-order valence-electron chi connectivity index (χ2n) is 12.5. The second-order valence-corrected chi connectivity index (χ2v) is 12.5. The third kappa shape index (κ3) is 2.61. The Morgan fingerprint density at radius 1 is 0.366 bits per heavy atom. The predicted octanol–water partition coefficient (Wildman–Crippen LogP) is 11.4. The quantitative estimate of drug-likeness (QED) is 0.190. The molecule has 0 aliphatic heterocycles. The molecule has 0 fully saturated rings. The van der Waals surface area contributed by atoms with Gasteiger partial charge in [-0.3, -0.25) is 0 Å². The summed E-state index contributed by atoms with van der Waals surface area (Å²) in [5.74, 6) is 0. The van der Waals surface area contributed by atoms with Crippen LogP contribution in [-0.2, 0) is 5.41 Å². The van der Waals surface area contributed by atoms with Gasteiger partial charge in [-0.15, -0.1) is 0 Å². The van der Waals surface area contributed by atoms with Crippen LogP contribution in [0.4, 0.5) is 0 Å². The Balaban J connectivity index is 1.28. The maximum absolute atomic E-state index is 2.51. The summed E-state index contributed by atoms with van der Waals surface area (Å²) >= 11 is 0. The molecule has 10 rings (SSSR count). The molecule has 0 saturated carbocycles. The Hall–Kier alpha value is -4.94. The molecule has 0 bridgehead atoms. The summed E-state index contributed by atoms with van der Waals surface area (Å²) in [6.45, 7) is 4.76. The van der Waals surface area contributed by atoms with Gasteiger partial charge in [0.15, 0.2) is 0 Å². The first-order valence-corrected chi connectivity index (χ1v) is 14.6. The van der Waals surface area contributed by atoms with E-state index in [1.165, 1.54) is 98.7 Å². The minimum absolute atomic E-state index is 0.00436. The highest BCUT2D eigenvalue weighted by Crippen LogP contribution is 2.57. The number of fused-ring (bicyclic) bond motifs is 7. The molecule has 2 aliphatic carbocycles. The van der Waals surface area contributed by atoms with Crippen LogP contribution in [-0.4, -0.2) is 0 Å². The molecule has 0 amide bonds. The number of hydrogen-bond donors (Lipinski definition) is 0. The Kier molecular flexibility index (Phi) is 3.84. The lowest BCUT2D eigenvalue weighted by atomic mass is 9.81. The van der Waals surface area contributed by atoms with Gasteiger partial charge in [-0.25, -0.2) is 0 Å². The van der Waals surface area contributed by atoms with Crippen LogP contribution in [0.3, 0.4) is 0 Å². The van der Waals surface area contributed by atoms with Crippen molar-refractivity contribution in [3.05, 3.63) is 132 Å². The Bertz CT molecular complexity index is 2440. The van der Waals surface area contributed by atoms with Crippen molar-refractivity contribution in [3.63, 3.8) is 0 Å². The average Bonchev–Trinajstić information content (AvgIpc) is 3.44. The molecule has 0 heterocycles. The SMILES string of the molecule is CC1(C)c2ccccc2-c2cc3c(cc21)-c1ccc2ccc4c(-c5ccc6ccccc6c5)ccc5cc-3c1c2c54. The van der Waals surface area contributed by atoms with Gasteiger partial charge in [0.1, 0.15) is 0 Å². The van der Waals surface area contributed by atoms with E-state index in [1.807, 2.05) is 0 Å². The Morgan fingerprint density at radius 2 is 1.10 bits per heavy atom. The fourth-order valence-corrected chi connectivity index (χ4v) is 8.16. The third-order valence-electron chi connectivity index (χ3n) is 10.1. The van der Waals surface area contributed by atoms with Gasteiger partial charge in [0.2, 0.25) is 0 Å². The fourth-order valence-electron chi connectivity index (χ4n) is 8.16. The van der Waals surface area contributed by atoms with E-state index in [9.17, 15) is 0 Å². The van der Waals surface area contributed by atoms with Gasteiger partial charge in [0.25, 0.3) is 0 Å². The number of benzene rings is 8. The van der Waals surface area contributed by atoms with E-state index >= 15 is 0 Å². The Labute approximate surface area is 238 Å². The van der Waals surface area contributed by atoms with E-state index in [4.69, 9.17) is 0 Å². The van der Waals surface area contributed by atoms with Gasteiger partial charge in [-0.1, -0.05) is 111 Å². The molecule has 190 valence electrons. The van der Waals surface area contributed by atoms with E-state index in [1.54, 1.807) is 0 Å². The van der Waals surface area contributed by atoms with Crippen molar-refractivity contribution in [1.82, 2.24) is 0 Å². The number of hydrogen-bond acceptors (Lipinski definition) is 0. The monoisotopic (exact) mass is 518 g/mol. The zero-order chi connectivity index (χ0) is 27.0. The van der Waals surface area contributed by atoms with Crippen molar-refractivity contribution in [2.75, 3.05) is 0 Å². The van der Waals surface area contributed by atoms with Crippen molar-refractivity contribution >= 4 is 43.1 Å². The molecule has 0 nitrogen and oxygen atoms in total. The van der Waals surface area contributed by atoms with Gasteiger partial charge < -0.3 is 0 Å². The van der Waals surface area contributed by atoms with Crippen molar-refractivity contribution in [3.8, 4) is 44.5 Å². The number of rotatable bonds is 1. The summed E-state index contributed by atoms with van der Waals surface area (Å²) in [7, 11) is 0. The molecule has 8 aromatic rings. The first-order chi connectivity index (χ1) is 20.1. The first kappa shape index (κ1) is 21.8. The van der Waals surface area contributed by atoms with Crippen LogP contribution in [0.5, 0.6) is 0 Å². The highest BCUT2D eigenvalue weighted by atomic mass is 14.4. The molecular formula is C41H26. The molecule has 8 aromatic carbocycles. The van der Waals surface area contributed by atoms with Crippen LogP contribution in [0.2, 0.25) is 0 Å². The van der Waals surface area contributed by atoms with Crippen LogP contribution in [0, 0.1) is 0 Å². The summed E-state index contributed by atoms with van der Waals surface area (Å²) in [6, 6.07) is 46.0. The Morgan fingerprint density at radius 3 is 2.02 bits per heavy atom. The smallest absolute Gasteiger partial charge is 0.0159 e. The highest BCUT2D eigenvalue weighted by Gasteiger charge is 2.37. The van der Waals surface area contributed by atoms with Crippen molar-refractivity contribution in [1.29, 1.82) is 0 Å². The lowest BCUT2D eigenvalue weighted by Crippen LogP contribution is -2.14. The molecule has 0 heteroatoms. The van der Waals surface area contributed by atoms with E-state index in [-0.39, 0.29) is 5.41 Å². The zero-order valence-corrected chi connectivity index (χ0v) is 23.0. The second kappa shape index (κ2) is 7.22. The summed E-state index contributed by atoms with van der Waals surface area (Å²) in [5.41, 5.74) is 13.7. The standard InChI is InChI=1S/C41H26/c1-41(2)36-10-6-5-9-29(36)34-21-32-33(22-37(34)41)31-18-14-24-13-17-30-28(26-12-11-23-7-3-4-8-25(23)19-26)16-15-27-20-35(32)40(31)39(24)38(27)30/h3-22H,1-2H3. The summed E-state index contributed by atoms with van der Waals surface area (Å²) < 4.78 is 0. The van der Waals surface area contributed by atoms with E-state index in [2.05, 4.69) is 135 Å². The molecule has 41 heavy (non-hydrogen) atoms. The average molecular weight is 519 g/mol. The molecule has 2 aliphatic rings. The van der Waals surface area contributed by atoms with Crippen molar-refractivity contribution < 1.29 is 0 Å². The van der Waals surface area contributed by atoms with Gasteiger partial charge in [0.05, 0.1) is 0 Å². The summed E-state index contributed by atoms with van der Waals surface area (Å²) in [6.07, 6.45) is 0. The van der Waals surface area contributed by atoms with Crippen LogP contribution in [0.25, 0.3) is 87.6 Å². The normalized spacial score (nSPS) is 14.3. The van der Waals surface area contributed by atoms with Crippen LogP contribution in [0.1, 0.15) is 25.0 Å². The molecule has 0 unspecified atom stereocenters. The van der Waals surface area contributed by atoms with Gasteiger partial charge in [0, 0.05) is 5.41 Å². The zero-order valence-electron chi connectivity index (χ0n) is 23.0. The van der Waals surface area contributed by atoms with Crippen molar-refractivity contribution in [2.24, 2.45) is 0 Å². The maximum atomic E-state index is 2.51.